The summed E-state index contributed by atoms with van der Waals surface area (Å²) in [6.45, 7) is 0. The Morgan fingerprint density at radius 1 is 1.32 bits per heavy atom. The quantitative estimate of drug-likeness (QED) is 0.752. The molecule has 0 aliphatic rings. The summed E-state index contributed by atoms with van der Waals surface area (Å²) in [6, 6.07) is 8.74. The molecule has 5 nitrogen and oxygen atoms in total. The zero-order valence-electron chi connectivity index (χ0n) is 9.59. The average molecular weight is 274 g/mol. The van der Waals surface area contributed by atoms with E-state index in [1.165, 1.54) is 12.3 Å². The summed E-state index contributed by atoms with van der Waals surface area (Å²) in [5.74, 6) is -0.416. The number of benzene rings is 1. The van der Waals surface area contributed by atoms with Crippen LogP contribution in [-0.2, 0) is 0 Å². The van der Waals surface area contributed by atoms with Crippen molar-refractivity contribution >= 4 is 28.7 Å². The molecule has 1 aromatic carbocycles. The third kappa shape index (κ3) is 2.15. The smallest absolute Gasteiger partial charge is 0.337 e. The lowest BCUT2D eigenvalue weighted by atomic mass is 10.2. The Kier molecular flexibility index (Phi) is 2.68. The normalized spacial score (nSPS) is 10.8. The van der Waals surface area contributed by atoms with Crippen molar-refractivity contribution in [2.75, 3.05) is 0 Å². The van der Waals surface area contributed by atoms with E-state index in [9.17, 15) is 4.79 Å². The van der Waals surface area contributed by atoms with E-state index in [2.05, 4.69) is 15.0 Å². The van der Waals surface area contributed by atoms with Crippen molar-refractivity contribution in [1.29, 1.82) is 0 Å². The van der Waals surface area contributed by atoms with E-state index in [1.807, 2.05) is 12.1 Å². The first kappa shape index (κ1) is 11.7. The number of carboxylic acids is 1. The summed E-state index contributed by atoms with van der Waals surface area (Å²) in [5, 5.41) is 9.52. The Hall–Kier alpha value is -2.40. The minimum absolute atomic E-state index is 0.119. The van der Waals surface area contributed by atoms with Crippen molar-refractivity contribution in [2.45, 2.75) is 0 Å². The number of nitrogens with zero attached hydrogens (tertiary/aromatic N) is 2. The van der Waals surface area contributed by atoms with Gasteiger partial charge in [0.15, 0.2) is 5.65 Å². The van der Waals surface area contributed by atoms with Gasteiger partial charge >= 0.3 is 5.97 Å². The highest BCUT2D eigenvalue weighted by Gasteiger charge is 2.10. The van der Waals surface area contributed by atoms with Gasteiger partial charge in [0.05, 0.1) is 11.1 Å². The standard InChI is InChI=1S/C13H8ClN3O2/c14-9-3-1-2-7(4-9)11-16-10-5-8(13(18)19)6-15-12(10)17-11/h1-6H,(H,18,19)(H,15,16,17). The van der Waals surface area contributed by atoms with E-state index >= 15 is 0 Å². The van der Waals surface area contributed by atoms with Crippen LogP contribution in [0, 0.1) is 0 Å². The van der Waals surface area contributed by atoms with Crippen LogP contribution < -0.4 is 0 Å². The molecule has 94 valence electrons. The molecule has 0 aliphatic heterocycles. The van der Waals surface area contributed by atoms with Crippen molar-refractivity contribution in [3.63, 3.8) is 0 Å². The SMILES string of the molecule is O=C(O)c1cnc2nc(-c3cccc(Cl)c3)[nH]c2c1. The van der Waals surface area contributed by atoms with Crippen LogP contribution in [0.2, 0.25) is 5.02 Å². The molecule has 0 saturated carbocycles. The second kappa shape index (κ2) is 4.37. The van der Waals surface area contributed by atoms with Crippen LogP contribution in [0.25, 0.3) is 22.6 Å². The summed E-state index contributed by atoms with van der Waals surface area (Å²) in [5.41, 5.74) is 1.99. The molecule has 0 amide bonds. The molecule has 6 heteroatoms. The van der Waals surface area contributed by atoms with E-state index < -0.39 is 5.97 Å². The lowest BCUT2D eigenvalue weighted by Gasteiger charge is -1.96. The molecule has 0 spiro atoms. The van der Waals surface area contributed by atoms with Gasteiger partial charge in [-0.1, -0.05) is 23.7 Å². The van der Waals surface area contributed by atoms with Crippen molar-refractivity contribution in [2.24, 2.45) is 0 Å². The highest BCUT2D eigenvalue weighted by atomic mass is 35.5. The van der Waals surface area contributed by atoms with Crippen LogP contribution in [-0.4, -0.2) is 26.0 Å². The molecule has 0 bridgehead atoms. The predicted molar refractivity (Wildman–Crippen MR) is 71.3 cm³/mol. The molecule has 2 N–H and O–H groups in total. The summed E-state index contributed by atoms with van der Waals surface area (Å²) in [7, 11) is 0. The molecule has 0 aliphatic carbocycles. The minimum atomic E-state index is -1.02. The van der Waals surface area contributed by atoms with Gasteiger partial charge in [-0.25, -0.2) is 14.8 Å². The van der Waals surface area contributed by atoms with Crippen molar-refractivity contribution in [1.82, 2.24) is 15.0 Å². The first-order chi connectivity index (χ1) is 9.13. The maximum atomic E-state index is 10.9. The number of fused-ring (bicyclic) bond motifs is 1. The van der Waals surface area contributed by atoms with Crippen LogP contribution >= 0.6 is 11.6 Å². The number of carbonyl (C=O) groups is 1. The van der Waals surface area contributed by atoms with Gasteiger partial charge in [-0.3, -0.25) is 0 Å². The van der Waals surface area contributed by atoms with E-state index in [1.54, 1.807) is 12.1 Å². The Morgan fingerprint density at radius 2 is 2.16 bits per heavy atom. The number of hydrogen-bond acceptors (Lipinski definition) is 3. The van der Waals surface area contributed by atoms with E-state index in [4.69, 9.17) is 16.7 Å². The van der Waals surface area contributed by atoms with Gasteiger partial charge < -0.3 is 10.1 Å². The van der Waals surface area contributed by atoms with Gasteiger partial charge in [0.2, 0.25) is 0 Å². The molecular weight excluding hydrogens is 266 g/mol. The number of aromatic amines is 1. The van der Waals surface area contributed by atoms with Crippen molar-refractivity contribution < 1.29 is 9.90 Å². The average Bonchev–Trinajstić information content (AvgIpc) is 2.81. The third-order valence-corrected chi connectivity index (χ3v) is 2.92. The fourth-order valence-electron chi connectivity index (χ4n) is 1.79. The predicted octanol–water partition coefficient (Wildman–Crippen LogP) is 2.98. The van der Waals surface area contributed by atoms with Crippen LogP contribution in [0.5, 0.6) is 0 Å². The number of rotatable bonds is 2. The Bertz CT molecular complexity index is 782. The summed E-state index contributed by atoms with van der Waals surface area (Å²) < 4.78 is 0. The summed E-state index contributed by atoms with van der Waals surface area (Å²) >= 11 is 5.93. The van der Waals surface area contributed by atoms with E-state index in [-0.39, 0.29) is 5.56 Å². The molecule has 0 saturated heterocycles. The molecule has 3 aromatic rings. The summed E-state index contributed by atoms with van der Waals surface area (Å²) in [6.07, 6.45) is 1.28. The molecule has 2 heterocycles. The zero-order chi connectivity index (χ0) is 13.4. The highest BCUT2D eigenvalue weighted by Crippen LogP contribution is 2.22. The second-order valence-electron chi connectivity index (χ2n) is 4.00. The second-order valence-corrected chi connectivity index (χ2v) is 4.43. The van der Waals surface area contributed by atoms with Gasteiger partial charge in [-0.15, -0.1) is 0 Å². The maximum absolute atomic E-state index is 10.9. The first-order valence-corrected chi connectivity index (χ1v) is 5.86. The van der Waals surface area contributed by atoms with Crippen LogP contribution in [0.3, 0.4) is 0 Å². The van der Waals surface area contributed by atoms with Gasteiger partial charge in [0, 0.05) is 16.8 Å². The molecule has 0 unspecified atom stereocenters. The number of halogens is 1. The topological polar surface area (TPSA) is 78.9 Å². The largest absolute Gasteiger partial charge is 0.478 e. The fourth-order valence-corrected chi connectivity index (χ4v) is 1.98. The van der Waals surface area contributed by atoms with Gasteiger partial charge in [0.25, 0.3) is 0 Å². The van der Waals surface area contributed by atoms with Crippen molar-refractivity contribution in [3.05, 3.63) is 47.1 Å². The molecule has 2 aromatic heterocycles. The van der Waals surface area contributed by atoms with E-state index in [0.717, 1.165) is 5.56 Å². The Balaban J connectivity index is 2.14. The van der Waals surface area contributed by atoms with Gasteiger partial charge in [-0.2, -0.15) is 0 Å². The molecule has 0 fully saturated rings. The molecule has 19 heavy (non-hydrogen) atoms. The number of hydrogen-bond donors (Lipinski definition) is 2. The number of pyridine rings is 1. The Labute approximate surface area is 112 Å². The Morgan fingerprint density at radius 3 is 2.89 bits per heavy atom. The first-order valence-electron chi connectivity index (χ1n) is 5.48. The number of aromatic nitrogens is 3. The molecule has 0 atom stereocenters. The third-order valence-electron chi connectivity index (χ3n) is 2.68. The van der Waals surface area contributed by atoms with E-state index in [0.29, 0.717) is 22.0 Å². The molecular formula is C13H8ClN3O2. The lowest BCUT2D eigenvalue weighted by molar-refractivity contribution is 0.0696. The van der Waals surface area contributed by atoms with Crippen LogP contribution in [0.15, 0.2) is 36.5 Å². The van der Waals surface area contributed by atoms with Gasteiger partial charge in [-0.05, 0) is 18.2 Å². The number of aromatic carboxylic acids is 1. The van der Waals surface area contributed by atoms with Gasteiger partial charge in [0.1, 0.15) is 5.82 Å². The summed E-state index contributed by atoms with van der Waals surface area (Å²) in [4.78, 5) is 22.2. The fraction of sp³-hybridized carbons (Fsp3) is 0. The molecule has 0 radical (unpaired) electrons. The highest BCUT2D eigenvalue weighted by molar-refractivity contribution is 6.30. The van der Waals surface area contributed by atoms with Crippen LogP contribution in [0.4, 0.5) is 0 Å². The number of H-pyrrole nitrogens is 1. The number of imidazole rings is 1. The van der Waals surface area contributed by atoms with Crippen LogP contribution in [0.1, 0.15) is 10.4 Å². The number of nitrogens with one attached hydrogen (secondary N) is 1. The number of carboxylic acid groups (broad SMARTS) is 1. The minimum Gasteiger partial charge on any atom is -0.478 e. The lowest BCUT2D eigenvalue weighted by Crippen LogP contribution is -1.96. The monoisotopic (exact) mass is 273 g/mol. The molecule has 3 rings (SSSR count). The zero-order valence-corrected chi connectivity index (χ0v) is 10.3. The van der Waals surface area contributed by atoms with Crippen molar-refractivity contribution in [3.8, 4) is 11.4 Å². The maximum Gasteiger partial charge on any atom is 0.337 e.